The van der Waals surface area contributed by atoms with E-state index in [9.17, 15) is 19.2 Å². The Morgan fingerprint density at radius 1 is 0.619 bits per heavy atom. The number of rotatable bonds is 16. The molecule has 3 aromatic rings. The van der Waals surface area contributed by atoms with Crippen molar-refractivity contribution in [3.63, 3.8) is 0 Å². The van der Waals surface area contributed by atoms with Gasteiger partial charge in [0.1, 0.15) is 5.75 Å². The van der Waals surface area contributed by atoms with Crippen LogP contribution in [0, 0.1) is 0 Å². The summed E-state index contributed by atoms with van der Waals surface area (Å²) in [6.45, 7) is 5.90. The zero-order valence-electron chi connectivity index (χ0n) is 24.7. The van der Waals surface area contributed by atoms with Gasteiger partial charge in [0.15, 0.2) is 11.9 Å². The van der Waals surface area contributed by atoms with Crippen molar-refractivity contribution >= 4 is 23.7 Å². The van der Waals surface area contributed by atoms with E-state index in [1.165, 1.54) is 50.5 Å². The molecule has 1 atom stereocenters. The number of carbonyl (C=O) groups is 4. The Balaban J connectivity index is 1.50. The second-order valence-corrected chi connectivity index (χ2v) is 10.2. The number of hydrogen-bond acceptors (Lipinski definition) is 7. The number of Topliss-reactive ketones (excluding diaryl/α,β-unsaturated/α-hetero) is 1. The van der Waals surface area contributed by atoms with Crippen molar-refractivity contribution in [2.24, 2.45) is 0 Å². The van der Waals surface area contributed by atoms with Crippen LogP contribution in [0.4, 0.5) is 0 Å². The van der Waals surface area contributed by atoms with Crippen molar-refractivity contribution in [2.75, 3.05) is 6.61 Å². The highest BCUT2D eigenvalue weighted by Crippen LogP contribution is 2.22. The van der Waals surface area contributed by atoms with Gasteiger partial charge < -0.3 is 14.2 Å². The molecule has 0 aliphatic rings. The van der Waals surface area contributed by atoms with Crippen LogP contribution in [0.15, 0.2) is 72.8 Å². The maximum Gasteiger partial charge on any atom is 0.347 e. The van der Waals surface area contributed by atoms with E-state index in [0.29, 0.717) is 17.5 Å². The Hall–Kier alpha value is -4.26. The highest BCUT2D eigenvalue weighted by atomic mass is 16.6. The van der Waals surface area contributed by atoms with E-state index >= 15 is 0 Å². The van der Waals surface area contributed by atoms with E-state index in [0.717, 1.165) is 36.8 Å². The standard InChI is InChI=1S/C35H40O7/c1-4-6-8-9-10-11-32(36)28-16-12-26(13-17-28)27-14-18-29(19-15-27)35(39)42-31-22-20-30(21-23-31)34(38)41-25(3)33(37)40-24-7-5-2/h12-23,25H,4-11,24H2,1-3H3. The van der Waals surface area contributed by atoms with E-state index in [-0.39, 0.29) is 23.7 Å². The van der Waals surface area contributed by atoms with Gasteiger partial charge >= 0.3 is 17.9 Å². The smallest absolute Gasteiger partial charge is 0.347 e. The largest absolute Gasteiger partial charge is 0.463 e. The maximum atomic E-state index is 12.7. The van der Waals surface area contributed by atoms with Crippen LogP contribution in [0.3, 0.4) is 0 Å². The van der Waals surface area contributed by atoms with Crippen LogP contribution < -0.4 is 4.74 Å². The van der Waals surface area contributed by atoms with Crippen molar-refractivity contribution < 1.29 is 33.4 Å². The summed E-state index contributed by atoms with van der Waals surface area (Å²) in [5.41, 5.74) is 3.16. The highest BCUT2D eigenvalue weighted by Gasteiger charge is 2.20. The molecular weight excluding hydrogens is 532 g/mol. The van der Waals surface area contributed by atoms with Crippen molar-refractivity contribution in [1.82, 2.24) is 0 Å². The fourth-order valence-corrected chi connectivity index (χ4v) is 4.22. The molecule has 3 rings (SSSR count). The Kier molecular flexibility index (Phi) is 13.0. The van der Waals surface area contributed by atoms with E-state index in [2.05, 4.69) is 6.92 Å². The fraction of sp³-hybridized carbons (Fsp3) is 0.371. The van der Waals surface area contributed by atoms with Crippen LogP contribution in [0.1, 0.15) is 103 Å². The first kappa shape index (κ1) is 32.3. The normalized spacial score (nSPS) is 11.4. The first-order valence-electron chi connectivity index (χ1n) is 14.8. The van der Waals surface area contributed by atoms with Crippen molar-refractivity contribution in [2.45, 2.75) is 78.2 Å². The van der Waals surface area contributed by atoms with Gasteiger partial charge in [0.2, 0.25) is 0 Å². The van der Waals surface area contributed by atoms with Gasteiger partial charge in [-0.2, -0.15) is 0 Å². The summed E-state index contributed by atoms with van der Waals surface area (Å²) in [5.74, 6) is -1.39. The van der Waals surface area contributed by atoms with Gasteiger partial charge in [0.05, 0.1) is 17.7 Å². The molecule has 0 saturated heterocycles. The van der Waals surface area contributed by atoms with Gasteiger partial charge in [0.25, 0.3) is 0 Å². The third-order valence-corrected chi connectivity index (χ3v) is 6.83. The van der Waals surface area contributed by atoms with Crippen LogP contribution >= 0.6 is 0 Å². The average molecular weight is 573 g/mol. The minimum Gasteiger partial charge on any atom is -0.463 e. The number of benzene rings is 3. The van der Waals surface area contributed by atoms with Gasteiger partial charge in [-0.15, -0.1) is 0 Å². The van der Waals surface area contributed by atoms with Gasteiger partial charge in [-0.3, -0.25) is 4.79 Å². The Morgan fingerprint density at radius 3 is 1.74 bits per heavy atom. The molecule has 0 heterocycles. The molecule has 42 heavy (non-hydrogen) atoms. The van der Waals surface area contributed by atoms with Gasteiger partial charge in [-0.25, -0.2) is 14.4 Å². The fourth-order valence-electron chi connectivity index (χ4n) is 4.22. The molecule has 0 bridgehead atoms. The topological polar surface area (TPSA) is 96.0 Å². The van der Waals surface area contributed by atoms with E-state index in [1.807, 2.05) is 43.3 Å². The lowest BCUT2D eigenvalue weighted by atomic mass is 9.99. The molecule has 0 spiro atoms. The molecule has 0 aromatic heterocycles. The zero-order chi connectivity index (χ0) is 30.3. The molecule has 0 fully saturated rings. The summed E-state index contributed by atoms with van der Waals surface area (Å²) in [7, 11) is 0. The zero-order valence-corrected chi connectivity index (χ0v) is 24.7. The molecule has 3 aromatic carbocycles. The van der Waals surface area contributed by atoms with Crippen LogP contribution in [-0.2, 0) is 14.3 Å². The molecule has 7 nitrogen and oxygen atoms in total. The first-order valence-corrected chi connectivity index (χ1v) is 14.8. The minimum absolute atomic E-state index is 0.165. The number of unbranched alkanes of at least 4 members (excludes halogenated alkanes) is 5. The number of hydrogen-bond donors (Lipinski definition) is 0. The van der Waals surface area contributed by atoms with Crippen LogP contribution in [0.2, 0.25) is 0 Å². The van der Waals surface area contributed by atoms with Gasteiger partial charge in [-0.1, -0.05) is 82.3 Å². The summed E-state index contributed by atoms with van der Waals surface area (Å²) >= 11 is 0. The van der Waals surface area contributed by atoms with Gasteiger partial charge in [-0.05, 0) is 67.3 Å². The van der Waals surface area contributed by atoms with E-state index in [4.69, 9.17) is 14.2 Å². The second-order valence-electron chi connectivity index (χ2n) is 10.2. The summed E-state index contributed by atoms with van der Waals surface area (Å²) in [6.07, 6.45) is 6.76. The number of ketones is 1. The Bertz CT molecular complexity index is 1310. The maximum absolute atomic E-state index is 12.7. The first-order chi connectivity index (χ1) is 20.3. The molecule has 0 N–H and O–H groups in total. The minimum atomic E-state index is -1.03. The predicted molar refractivity (Wildman–Crippen MR) is 162 cm³/mol. The molecule has 7 heteroatoms. The van der Waals surface area contributed by atoms with E-state index < -0.39 is 24.0 Å². The van der Waals surface area contributed by atoms with Crippen molar-refractivity contribution in [1.29, 1.82) is 0 Å². The Morgan fingerprint density at radius 2 is 1.14 bits per heavy atom. The van der Waals surface area contributed by atoms with Gasteiger partial charge in [0, 0.05) is 12.0 Å². The van der Waals surface area contributed by atoms with Crippen molar-refractivity contribution in [3.05, 3.63) is 89.5 Å². The average Bonchev–Trinajstić information content (AvgIpc) is 3.01. The lowest BCUT2D eigenvalue weighted by Crippen LogP contribution is -2.26. The molecule has 0 radical (unpaired) electrons. The van der Waals surface area contributed by atoms with Crippen LogP contribution in [0.25, 0.3) is 11.1 Å². The summed E-state index contributed by atoms with van der Waals surface area (Å²) in [5, 5.41) is 0. The Labute approximate surface area is 248 Å². The summed E-state index contributed by atoms with van der Waals surface area (Å²) in [6, 6.07) is 20.5. The summed E-state index contributed by atoms with van der Waals surface area (Å²) < 4.78 is 15.7. The lowest BCUT2D eigenvalue weighted by molar-refractivity contribution is -0.153. The molecular formula is C35H40O7. The molecule has 0 aliphatic carbocycles. The predicted octanol–water partition coefficient (Wildman–Crippen LogP) is 8.00. The third-order valence-electron chi connectivity index (χ3n) is 6.83. The third kappa shape index (κ3) is 9.98. The molecule has 0 aliphatic heterocycles. The summed E-state index contributed by atoms with van der Waals surface area (Å²) in [4.78, 5) is 49.4. The number of esters is 3. The SMILES string of the molecule is CCCCCCCC(=O)c1ccc(-c2ccc(C(=O)Oc3ccc(C(=O)OC(C)C(=O)OCCCC)cc3)cc2)cc1. The number of ether oxygens (including phenoxy) is 3. The number of carbonyl (C=O) groups excluding carboxylic acids is 4. The monoisotopic (exact) mass is 572 g/mol. The molecule has 0 saturated carbocycles. The van der Waals surface area contributed by atoms with Crippen LogP contribution in [0.5, 0.6) is 5.75 Å². The lowest BCUT2D eigenvalue weighted by Gasteiger charge is -2.13. The highest BCUT2D eigenvalue weighted by molar-refractivity contribution is 5.96. The molecule has 1 unspecified atom stereocenters. The second kappa shape index (κ2) is 16.9. The van der Waals surface area contributed by atoms with E-state index in [1.54, 1.807) is 12.1 Å². The van der Waals surface area contributed by atoms with Crippen molar-refractivity contribution in [3.8, 4) is 16.9 Å². The quantitative estimate of drug-likeness (QED) is 0.0742. The molecule has 222 valence electrons. The van der Waals surface area contributed by atoms with Crippen LogP contribution in [-0.4, -0.2) is 36.4 Å². The molecule has 0 amide bonds.